The molecule has 4 nitrogen and oxygen atoms in total. The maximum Gasteiger partial charge on any atom is 0.298 e. The number of benzene rings is 1. The Balaban J connectivity index is 2.94. The van der Waals surface area contributed by atoms with Crippen molar-refractivity contribution < 1.29 is 9.31 Å². The van der Waals surface area contributed by atoms with E-state index in [0.29, 0.717) is 0 Å². The smallest absolute Gasteiger partial charge is 0.258 e. The first-order valence-corrected chi connectivity index (χ1v) is 4.36. The van der Waals surface area contributed by atoms with E-state index in [-0.39, 0.29) is 21.6 Å². The van der Waals surface area contributed by atoms with Gasteiger partial charge in [0.05, 0.1) is 16.0 Å². The molecule has 0 bridgehead atoms. The summed E-state index contributed by atoms with van der Waals surface area (Å²) >= 11 is 5.67. The minimum atomic E-state index is -0.816. The average molecular weight is 227 g/mol. The Morgan fingerprint density at radius 2 is 2.27 bits per heavy atom. The van der Waals surface area contributed by atoms with Crippen molar-refractivity contribution in [3.8, 4) is 0 Å². The Morgan fingerprint density at radius 1 is 1.53 bits per heavy atom. The molecule has 0 amide bonds. The Bertz CT molecular complexity index is 559. The fourth-order valence-corrected chi connectivity index (χ4v) is 1.51. The Kier molecular flexibility index (Phi) is 2.24. The number of rotatable bonds is 1. The molecule has 0 aliphatic rings. The SMILES string of the molecule is O=[N+]([O-])c1cc(F)c(Cl)c2cccnc12. The number of nitro benzene ring substituents is 1. The van der Waals surface area contributed by atoms with E-state index >= 15 is 0 Å². The van der Waals surface area contributed by atoms with Gasteiger partial charge in [-0.2, -0.15) is 0 Å². The monoisotopic (exact) mass is 226 g/mol. The van der Waals surface area contributed by atoms with Gasteiger partial charge in [-0.15, -0.1) is 0 Å². The van der Waals surface area contributed by atoms with Crippen molar-refractivity contribution in [1.29, 1.82) is 0 Å². The van der Waals surface area contributed by atoms with Gasteiger partial charge in [0.2, 0.25) is 0 Å². The van der Waals surface area contributed by atoms with E-state index in [4.69, 9.17) is 11.6 Å². The number of nitro groups is 1. The van der Waals surface area contributed by atoms with Gasteiger partial charge in [-0.3, -0.25) is 10.1 Å². The molecule has 0 aliphatic heterocycles. The summed E-state index contributed by atoms with van der Waals surface area (Å²) in [6, 6.07) is 3.80. The van der Waals surface area contributed by atoms with E-state index in [2.05, 4.69) is 4.98 Å². The second-order valence-corrected chi connectivity index (χ2v) is 3.23. The molecule has 0 spiro atoms. The van der Waals surface area contributed by atoms with Gasteiger partial charge >= 0.3 is 0 Å². The lowest BCUT2D eigenvalue weighted by atomic mass is 10.2. The molecule has 2 aromatic rings. The van der Waals surface area contributed by atoms with Crippen molar-refractivity contribution in [2.75, 3.05) is 0 Å². The van der Waals surface area contributed by atoms with Crippen LogP contribution in [0, 0.1) is 15.9 Å². The van der Waals surface area contributed by atoms with E-state index < -0.39 is 10.7 Å². The largest absolute Gasteiger partial charge is 0.298 e. The van der Waals surface area contributed by atoms with E-state index in [1.54, 1.807) is 0 Å². The lowest BCUT2D eigenvalue weighted by Crippen LogP contribution is -1.94. The van der Waals surface area contributed by atoms with Crippen molar-refractivity contribution in [3.05, 3.63) is 45.4 Å². The quantitative estimate of drug-likeness (QED) is 0.555. The van der Waals surface area contributed by atoms with E-state index in [1.807, 2.05) is 0 Å². The third-order valence-electron chi connectivity index (χ3n) is 1.96. The molecular formula is C9H4ClFN2O2. The van der Waals surface area contributed by atoms with E-state index in [9.17, 15) is 14.5 Å². The molecule has 15 heavy (non-hydrogen) atoms. The van der Waals surface area contributed by atoms with Crippen LogP contribution < -0.4 is 0 Å². The molecule has 0 radical (unpaired) electrons. The van der Waals surface area contributed by atoms with E-state index in [1.165, 1.54) is 18.3 Å². The van der Waals surface area contributed by atoms with Crippen LogP contribution in [0.1, 0.15) is 0 Å². The van der Waals surface area contributed by atoms with Crippen LogP contribution in [0.4, 0.5) is 10.1 Å². The second-order valence-electron chi connectivity index (χ2n) is 2.85. The number of hydrogen-bond acceptors (Lipinski definition) is 3. The number of non-ortho nitro benzene ring substituents is 1. The van der Waals surface area contributed by atoms with Crippen LogP contribution in [0.25, 0.3) is 10.9 Å². The molecule has 1 heterocycles. The van der Waals surface area contributed by atoms with Crippen LogP contribution in [-0.4, -0.2) is 9.91 Å². The van der Waals surface area contributed by atoms with Gasteiger partial charge in [0.1, 0.15) is 11.3 Å². The fraction of sp³-hybridized carbons (Fsp3) is 0. The van der Waals surface area contributed by atoms with Crippen LogP contribution >= 0.6 is 11.6 Å². The summed E-state index contributed by atoms with van der Waals surface area (Å²) in [6.45, 7) is 0. The summed E-state index contributed by atoms with van der Waals surface area (Å²) in [5.41, 5.74) is -0.290. The number of aromatic nitrogens is 1. The molecule has 1 aromatic carbocycles. The van der Waals surface area contributed by atoms with Gasteiger partial charge in [0.15, 0.2) is 0 Å². The number of fused-ring (bicyclic) bond motifs is 1. The number of hydrogen-bond donors (Lipinski definition) is 0. The summed E-state index contributed by atoms with van der Waals surface area (Å²) < 4.78 is 13.2. The minimum absolute atomic E-state index is 0.0916. The van der Waals surface area contributed by atoms with Crippen LogP contribution in [0.2, 0.25) is 5.02 Å². The molecule has 0 unspecified atom stereocenters. The zero-order chi connectivity index (χ0) is 11.0. The Morgan fingerprint density at radius 3 is 2.93 bits per heavy atom. The highest BCUT2D eigenvalue weighted by molar-refractivity contribution is 6.35. The molecule has 0 fully saturated rings. The molecule has 0 aliphatic carbocycles. The Hall–Kier alpha value is -1.75. The fourth-order valence-electron chi connectivity index (χ4n) is 1.31. The van der Waals surface area contributed by atoms with Crippen molar-refractivity contribution in [2.45, 2.75) is 0 Å². The first-order chi connectivity index (χ1) is 7.11. The topological polar surface area (TPSA) is 56.0 Å². The summed E-state index contributed by atoms with van der Waals surface area (Å²) in [4.78, 5) is 13.8. The molecule has 6 heteroatoms. The normalized spacial score (nSPS) is 10.5. The molecule has 2 rings (SSSR count). The third-order valence-corrected chi connectivity index (χ3v) is 2.34. The molecule has 76 valence electrons. The molecule has 0 saturated carbocycles. The number of pyridine rings is 1. The highest BCUT2D eigenvalue weighted by Crippen LogP contribution is 2.31. The predicted molar refractivity (Wildman–Crippen MR) is 53.4 cm³/mol. The first-order valence-electron chi connectivity index (χ1n) is 3.98. The zero-order valence-corrected chi connectivity index (χ0v) is 8.03. The van der Waals surface area contributed by atoms with Gasteiger partial charge in [-0.05, 0) is 12.1 Å². The van der Waals surface area contributed by atoms with Gasteiger partial charge in [-0.25, -0.2) is 9.37 Å². The molecular weight excluding hydrogens is 223 g/mol. The van der Waals surface area contributed by atoms with Crippen LogP contribution in [-0.2, 0) is 0 Å². The first kappa shape index (κ1) is 9.79. The van der Waals surface area contributed by atoms with Crippen LogP contribution in [0.5, 0.6) is 0 Å². The highest BCUT2D eigenvalue weighted by atomic mass is 35.5. The van der Waals surface area contributed by atoms with Crippen LogP contribution in [0.15, 0.2) is 24.4 Å². The standard InChI is InChI=1S/C9H4ClFN2O2/c10-8-5-2-1-3-12-9(5)7(13(14)15)4-6(8)11/h1-4H. The third kappa shape index (κ3) is 1.50. The van der Waals surface area contributed by atoms with Crippen molar-refractivity contribution in [1.82, 2.24) is 4.98 Å². The van der Waals surface area contributed by atoms with Gasteiger partial charge in [0, 0.05) is 11.6 Å². The zero-order valence-electron chi connectivity index (χ0n) is 7.28. The number of nitrogens with zero attached hydrogens (tertiary/aromatic N) is 2. The average Bonchev–Trinajstić information content (AvgIpc) is 2.23. The molecule has 0 saturated heterocycles. The lowest BCUT2D eigenvalue weighted by Gasteiger charge is -2.01. The lowest BCUT2D eigenvalue weighted by molar-refractivity contribution is -0.383. The van der Waals surface area contributed by atoms with Crippen molar-refractivity contribution in [2.24, 2.45) is 0 Å². The molecule has 0 atom stereocenters. The van der Waals surface area contributed by atoms with Crippen molar-refractivity contribution in [3.63, 3.8) is 0 Å². The highest BCUT2D eigenvalue weighted by Gasteiger charge is 2.18. The summed E-state index contributed by atoms with van der Waals surface area (Å²) in [5.74, 6) is -0.816. The number of halogens is 2. The summed E-state index contributed by atoms with van der Waals surface area (Å²) in [6.07, 6.45) is 1.39. The predicted octanol–water partition coefficient (Wildman–Crippen LogP) is 2.94. The van der Waals surface area contributed by atoms with Gasteiger partial charge in [0.25, 0.3) is 5.69 Å². The Labute approximate surface area is 88.5 Å². The maximum atomic E-state index is 13.2. The summed E-state index contributed by atoms with van der Waals surface area (Å²) in [7, 11) is 0. The maximum absolute atomic E-state index is 13.2. The van der Waals surface area contributed by atoms with Crippen LogP contribution in [0.3, 0.4) is 0 Å². The molecule has 0 N–H and O–H groups in total. The van der Waals surface area contributed by atoms with Crippen molar-refractivity contribution >= 4 is 28.2 Å². The minimum Gasteiger partial charge on any atom is -0.258 e. The van der Waals surface area contributed by atoms with Gasteiger partial charge in [-0.1, -0.05) is 11.6 Å². The van der Waals surface area contributed by atoms with Gasteiger partial charge < -0.3 is 0 Å². The molecule has 1 aromatic heterocycles. The summed E-state index contributed by atoms with van der Waals surface area (Å²) in [5, 5.41) is 10.7. The van der Waals surface area contributed by atoms with E-state index in [0.717, 1.165) is 6.07 Å². The second kappa shape index (κ2) is 3.43.